The fourth-order valence-corrected chi connectivity index (χ4v) is 3.70. The van der Waals surface area contributed by atoms with Crippen molar-refractivity contribution in [1.29, 1.82) is 0 Å². The number of pyridine rings is 1. The third kappa shape index (κ3) is 5.31. The van der Waals surface area contributed by atoms with Crippen molar-refractivity contribution >= 4 is 37.1 Å². The molecule has 10 heteroatoms. The number of benzene rings is 1. The summed E-state index contributed by atoms with van der Waals surface area (Å²) >= 11 is 3.29. The quantitative estimate of drug-likeness (QED) is 0.565. The van der Waals surface area contributed by atoms with Crippen LogP contribution in [0.2, 0.25) is 0 Å². The number of halogens is 4. The molecule has 29 heavy (non-hydrogen) atoms. The van der Waals surface area contributed by atoms with Crippen LogP contribution in [0.1, 0.15) is 11.4 Å². The Hall–Kier alpha value is -2.51. The average molecular weight is 486 g/mol. The van der Waals surface area contributed by atoms with Gasteiger partial charge in [-0.2, -0.15) is 13.2 Å². The number of sulfone groups is 1. The standard InChI is InChI=1S/C19H15BrF3N3O2S/c1-29(27,28)14-8-6-13(7-9-14)24-10-2-5-16-17(12-19(21,22)23)26-11-3-4-15(20)18(26)25-16/h3-4,6-9,11,24H,10,12H2,1H3. The molecule has 0 aliphatic rings. The van der Waals surface area contributed by atoms with Gasteiger partial charge in [-0.05, 0) is 58.2 Å². The van der Waals surface area contributed by atoms with Gasteiger partial charge in [0.05, 0.1) is 28.0 Å². The summed E-state index contributed by atoms with van der Waals surface area (Å²) in [4.78, 5) is 4.42. The zero-order chi connectivity index (χ0) is 21.2. The lowest BCUT2D eigenvalue weighted by Gasteiger charge is -2.07. The third-order valence-electron chi connectivity index (χ3n) is 3.94. The molecular formula is C19H15BrF3N3O2S. The molecule has 0 aliphatic heterocycles. The number of fused-ring (bicyclic) bond motifs is 1. The minimum Gasteiger partial charge on any atom is -0.374 e. The highest BCUT2D eigenvalue weighted by atomic mass is 79.9. The van der Waals surface area contributed by atoms with E-state index >= 15 is 0 Å². The van der Waals surface area contributed by atoms with Crippen molar-refractivity contribution in [2.24, 2.45) is 0 Å². The summed E-state index contributed by atoms with van der Waals surface area (Å²) in [6.07, 6.45) is -2.91. The molecule has 5 nitrogen and oxygen atoms in total. The van der Waals surface area contributed by atoms with E-state index in [4.69, 9.17) is 0 Å². The Balaban J connectivity index is 1.81. The normalized spacial score (nSPS) is 11.9. The molecule has 2 aromatic heterocycles. The van der Waals surface area contributed by atoms with Crippen LogP contribution < -0.4 is 5.32 Å². The van der Waals surface area contributed by atoms with Gasteiger partial charge >= 0.3 is 6.18 Å². The predicted molar refractivity (Wildman–Crippen MR) is 108 cm³/mol. The van der Waals surface area contributed by atoms with Crippen LogP contribution in [-0.2, 0) is 16.3 Å². The van der Waals surface area contributed by atoms with Gasteiger partial charge in [-0.3, -0.25) is 0 Å². The van der Waals surface area contributed by atoms with Crippen LogP contribution in [0.4, 0.5) is 18.9 Å². The van der Waals surface area contributed by atoms with E-state index in [1.54, 1.807) is 24.3 Å². The first-order chi connectivity index (χ1) is 13.5. The molecule has 3 rings (SSSR count). The summed E-state index contributed by atoms with van der Waals surface area (Å²) in [5, 5.41) is 2.97. The van der Waals surface area contributed by atoms with Gasteiger partial charge in [0.1, 0.15) is 5.69 Å². The number of imidazole rings is 1. The Morgan fingerprint density at radius 3 is 2.52 bits per heavy atom. The summed E-state index contributed by atoms with van der Waals surface area (Å²) < 4.78 is 63.8. The van der Waals surface area contributed by atoms with Crippen molar-refractivity contribution in [1.82, 2.24) is 9.38 Å². The van der Waals surface area contributed by atoms with Crippen LogP contribution in [0, 0.1) is 11.8 Å². The maximum atomic E-state index is 13.0. The molecule has 0 amide bonds. The first-order valence-electron chi connectivity index (χ1n) is 8.30. The van der Waals surface area contributed by atoms with E-state index in [0.29, 0.717) is 15.8 Å². The minimum absolute atomic E-state index is 0.0289. The van der Waals surface area contributed by atoms with Crippen LogP contribution >= 0.6 is 15.9 Å². The molecule has 0 radical (unpaired) electrons. The van der Waals surface area contributed by atoms with Gasteiger partial charge < -0.3 is 9.72 Å². The van der Waals surface area contributed by atoms with Gasteiger partial charge in [-0.25, -0.2) is 13.4 Å². The highest BCUT2D eigenvalue weighted by Gasteiger charge is 2.31. The molecule has 0 atom stereocenters. The number of anilines is 1. The third-order valence-corrected chi connectivity index (χ3v) is 5.69. The van der Waals surface area contributed by atoms with Gasteiger partial charge in [-0.1, -0.05) is 5.92 Å². The Bertz CT molecular complexity index is 1210. The molecule has 0 unspecified atom stereocenters. The largest absolute Gasteiger partial charge is 0.394 e. The molecule has 0 saturated carbocycles. The molecule has 2 heterocycles. The maximum absolute atomic E-state index is 13.0. The summed E-state index contributed by atoms with van der Waals surface area (Å²) in [5.74, 6) is 5.46. The highest BCUT2D eigenvalue weighted by Crippen LogP contribution is 2.26. The van der Waals surface area contributed by atoms with E-state index in [2.05, 4.69) is 38.1 Å². The van der Waals surface area contributed by atoms with Crippen LogP contribution in [-0.4, -0.2) is 36.8 Å². The van der Waals surface area contributed by atoms with Crippen LogP contribution in [0.25, 0.3) is 5.65 Å². The highest BCUT2D eigenvalue weighted by molar-refractivity contribution is 9.10. The lowest BCUT2D eigenvalue weighted by Crippen LogP contribution is -2.14. The minimum atomic E-state index is -4.39. The second kappa shape index (κ2) is 8.08. The molecule has 0 spiro atoms. The average Bonchev–Trinajstić information content (AvgIpc) is 2.96. The van der Waals surface area contributed by atoms with Gasteiger partial charge in [0.2, 0.25) is 0 Å². The fourth-order valence-electron chi connectivity index (χ4n) is 2.64. The topological polar surface area (TPSA) is 63.5 Å². The lowest BCUT2D eigenvalue weighted by atomic mass is 10.2. The predicted octanol–water partition coefficient (Wildman–Crippen LogP) is 4.07. The molecular weight excluding hydrogens is 471 g/mol. The number of aromatic nitrogens is 2. The molecule has 0 saturated heterocycles. The fraction of sp³-hybridized carbons (Fsp3) is 0.211. The van der Waals surface area contributed by atoms with Gasteiger partial charge in [-0.15, -0.1) is 0 Å². The van der Waals surface area contributed by atoms with E-state index in [-0.39, 0.29) is 22.8 Å². The van der Waals surface area contributed by atoms with Gasteiger partial charge in [0.25, 0.3) is 0 Å². The number of nitrogens with zero attached hydrogens (tertiary/aromatic N) is 2. The first kappa shape index (κ1) is 21.2. The van der Waals surface area contributed by atoms with Crippen molar-refractivity contribution in [2.45, 2.75) is 17.5 Å². The van der Waals surface area contributed by atoms with Crippen molar-refractivity contribution in [3.8, 4) is 11.8 Å². The van der Waals surface area contributed by atoms with Gasteiger partial charge in [0.15, 0.2) is 15.5 Å². The number of nitrogens with one attached hydrogen (secondary N) is 1. The Morgan fingerprint density at radius 2 is 1.90 bits per heavy atom. The number of hydrogen-bond acceptors (Lipinski definition) is 4. The zero-order valence-electron chi connectivity index (χ0n) is 15.1. The summed E-state index contributed by atoms with van der Waals surface area (Å²) in [6.45, 7) is 0.152. The lowest BCUT2D eigenvalue weighted by molar-refractivity contribution is -0.128. The maximum Gasteiger partial charge on any atom is 0.394 e. The van der Waals surface area contributed by atoms with E-state index < -0.39 is 22.4 Å². The molecule has 1 aromatic carbocycles. The van der Waals surface area contributed by atoms with Crippen LogP contribution in [0.5, 0.6) is 0 Å². The van der Waals surface area contributed by atoms with E-state index in [0.717, 1.165) is 6.26 Å². The molecule has 0 bridgehead atoms. The van der Waals surface area contributed by atoms with E-state index in [1.165, 1.54) is 22.7 Å². The van der Waals surface area contributed by atoms with Gasteiger partial charge in [0, 0.05) is 18.1 Å². The summed E-state index contributed by atoms with van der Waals surface area (Å²) in [5.41, 5.74) is 1.03. The first-order valence-corrected chi connectivity index (χ1v) is 11.0. The van der Waals surface area contributed by atoms with Crippen molar-refractivity contribution in [3.63, 3.8) is 0 Å². The molecule has 0 aliphatic carbocycles. The molecule has 3 aromatic rings. The number of rotatable bonds is 4. The Morgan fingerprint density at radius 1 is 1.21 bits per heavy atom. The second-order valence-electron chi connectivity index (χ2n) is 6.20. The smallest absolute Gasteiger partial charge is 0.374 e. The Kier molecular flexibility index (Phi) is 5.91. The van der Waals surface area contributed by atoms with Crippen molar-refractivity contribution < 1.29 is 21.6 Å². The zero-order valence-corrected chi connectivity index (χ0v) is 17.5. The van der Waals surface area contributed by atoms with E-state index in [9.17, 15) is 21.6 Å². The van der Waals surface area contributed by atoms with E-state index in [1.807, 2.05) is 0 Å². The number of hydrogen-bond donors (Lipinski definition) is 1. The van der Waals surface area contributed by atoms with Crippen molar-refractivity contribution in [2.75, 3.05) is 18.1 Å². The molecule has 1 N–H and O–H groups in total. The van der Waals surface area contributed by atoms with Crippen LogP contribution in [0.3, 0.4) is 0 Å². The summed E-state index contributed by atoms with van der Waals surface area (Å²) in [7, 11) is -3.28. The number of alkyl halides is 3. The van der Waals surface area contributed by atoms with Crippen LogP contribution in [0.15, 0.2) is 52.0 Å². The summed E-state index contributed by atoms with van der Waals surface area (Å²) in [6, 6.07) is 9.43. The monoisotopic (exact) mass is 485 g/mol. The molecule has 152 valence electrons. The molecule has 0 fully saturated rings. The van der Waals surface area contributed by atoms with Crippen molar-refractivity contribution in [3.05, 3.63) is 58.5 Å². The SMILES string of the molecule is CS(=O)(=O)c1ccc(NCC#Cc2nc3c(Br)cccn3c2CC(F)(F)F)cc1. The Labute approximate surface area is 174 Å². The second-order valence-corrected chi connectivity index (χ2v) is 9.07.